The van der Waals surface area contributed by atoms with Gasteiger partial charge in [0.2, 0.25) is 10.0 Å². The minimum Gasteiger partial charge on any atom is -0.497 e. The summed E-state index contributed by atoms with van der Waals surface area (Å²) in [6.45, 7) is 4.06. The molecule has 8 nitrogen and oxygen atoms in total. The molecular formula is C17H29IN4O4S. The largest absolute Gasteiger partial charge is 0.497 e. The molecule has 1 heterocycles. The van der Waals surface area contributed by atoms with Gasteiger partial charge in [0.1, 0.15) is 17.6 Å². The van der Waals surface area contributed by atoms with Gasteiger partial charge in [-0.05, 0) is 25.5 Å². The van der Waals surface area contributed by atoms with Crippen molar-refractivity contribution in [2.24, 2.45) is 4.99 Å². The highest BCUT2D eigenvalue weighted by Gasteiger charge is 2.27. The number of guanidine groups is 1. The molecule has 154 valence electrons. The second-order valence-corrected chi connectivity index (χ2v) is 8.14. The van der Waals surface area contributed by atoms with E-state index in [1.54, 1.807) is 14.2 Å². The van der Waals surface area contributed by atoms with Crippen molar-refractivity contribution in [3.8, 4) is 11.5 Å². The van der Waals surface area contributed by atoms with Crippen LogP contribution in [0.1, 0.15) is 13.3 Å². The van der Waals surface area contributed by atoms with E-state index in [1.807, 2.05) is 31.2 Å². The van der Waals surface area contributed by atoms with E-state index < -0.39 is 10.0 Å². The molecule has 1 fully saturated rings. The highest BCUT2D eigenvalue weighted by molar-refractivity contribution is 14.0. The highest BCUT2D eigenvalue weighted by Crippen LogP contribution is 2.19. The summed E-state index contributed by atoms with van der Waals surface area (Å²) in [4.78, 5) is 4.15. The number of hydrogen-bond acceptors (Lipinski definition) is 5. The molecule has 10 heteroatoms. The normalized spacial score (nSPS) is 17.7. The fourth-order valence-electron chi connectivity index (χ4n) is 2.65. The number of benzene rings is 1. The van der Waals surface area contributed by atoms with E-state index in [1.165, 1.54) is 4.31 Å². The average Bonchev–Trinajstić information content (AvgIpc) is 2.96. The number of rotatable bonds is 8. The van der Waals surface area contributed by atoms with Crippen molar-refractivity contribution in [1.82, 2.24) is 14.9 Å². The van der Waals surface area contributed by atoms with Crippen LogP contribution in [0.2, 0.25) is 0 Å². The molecule has 0 aliphatic carbocycles. The fraction of sp³-hybridized carbons (Fsp3) is 0.588. The second kappa shape index (κ2) is 11.5. The molecule has 1 aromatic carbocycles. The molecule has 1 unspecified atom stereocenters. The minimum atomic E-state index is -3.06. The summed E-state index contributed by atoms with van der Waals surface area (Å²) in [6, 6.07) is 7.45. The van der Waals surface area contributed by atoms with Gasteiger partial charge >= 0.3 is 0 Å². The molecule has 1 aliphatic heterocycles. The van der Waals surface area contributed by atoms with E-state index in [9.17, 15) is 8.42 Å². The topological polar surface area (TPSA) is 92.3 Å². The third-order valence-electron chi connectivity index (χ3n) is 4.02. The monoisotopic (exact) mass is 512 g/mol. The van der Waals surface area contributed by atoms with Crippen LogP contribution in [0.3, 0.4) is 0 Å². The number of ether oxygens (including phenoxy) is 2. The first-order valence-corrected chi connectivity index (χ1v) is 10.3. The smallest absolute Gasteiger partial charge is 0.214 e. The van der Waals surface area contributed by atoms with E-state index in [4.69, 9.17) is 9.47 Å². The first-order valence-electron chi connectivity index (χ1n) is 8.67. The average molecular weight is 512 g/mol. The van der Waals surface area contributed by atoms with Gasteiger partial charge in [-0.2, -0.15) is 0 Å². The Morgan fingerprint density at radius 2 is 2.07 bits per heavy atom. The summed E-state index contributed by atoms with van der Waals surface area (Å²) >= 11 is 0. The van der Waals surface area contributed by atoms with Crippen LogP contribution in [0.25, 0.3) is 0 Å². The summed E-state index contributed by atoms with van der Waals surface area (Å²) in [6.07, 6.45) is 0.619. The molecule has 2 rings (SSSR count). The number of nitrogens with zero attached hydrogens (tertiary/aromatic N) is 2. The highest BCUT2D eigenvalue weighted by atomic mass is 127. The predicted molar refractivity (Wildman–Crippen MR) is 118 cm³/mol. The van der Waals surface area contributed by atoms with Crippen LogP contribution >= 0.6 is 24.0 Å². The van der Waals surface area contributed by atoms with Crippen LogP contribution in [0, 0.1) is 0 Å². The van der Waals surface area contributed by atoms with Gasteiger partial charge in [-0.3, -0.25) is 4.99 Å². The van der Waals surface area contributed by atoms with Gasteiger partial charge < -0.3 is 20.1 Å². The van der Waals surface area contributed by atoms with Gasteiger partial charge in [0, 0.05) is 32.7 Å². The number of hydrogen-bond donors (Lipinski definition) is 2. The fourth-order valence-corrected chi connectivity index (χ4v) is 4.18. The molecule has 0 saturated carbocycles. The lowest BCUT2D eigenvalue weighted by Crippen LogP contribution is -2.44. The Morgan fingerprint density at radius 3 is 2.70 bits per heavy atom. The molecule has 0 aromatic heterocycles. The standard InChI is InChI=1S/C17H28N4O4S.HI/c1-14(25-16-7-4-6-15(12-16)24-3)13-20-17(18-2)19-8-10-21-9-5-11-26(21,22)23;/h4,6-7,12,14H,5,8-11,13H2,1-3H3,(H2,18,19,20);1H. The van der Waals surface area contributed by atoms with Crippen LogP contribution in [-0.2, 0) is 10.0 Å². The Hall–Kier alpha value is -1.27. The molecule has 27 heavy (non-hydrogen) atoms. The molecule has 1 aromatic rings. The maximum absolute atomic E-state index is 11.8. The minimum absolute atomic E-state index is 0. The Labute approximate surface area is 178 Å². The number of sulfonamides is 1. The number of nitrogens with one attached hydrogen (secondary N) is 2. The quantitative estimate of drug-likeness (QED) is 0.310. The van der Waals surface area contributed by atoms with Crippen LogP contribution in [-0.4, -0.2) is 70.9 Å². The van der Waals surface area contributed by atoms with Crippen LogP contribution in [0.15, 0.2) is 29.3 Å². The summed E-state index contributed by atoms with van der Waals surface area (Å²) in [5.41, 5.74) is 0. The summed E-state index contributed by atoms with van der Waals surface area (Å²) in [5.74, 6) is 2.35. The van der Waals surface area contributed by atoms with Crippen molar-refractivity contribution in [2.45, 2.75) is 19.4 Å². The zero-order chi connectivity index (χ0) is 19.0. The molecule has 0 amide bonds. The van der Waals surface area contributed by atoms with E-state index >= 15 is 0 Å². The van der Waals surface area contributed by atoms with Crippen molar-refractivity contribution in [3.63, 3.8) is 0 Å². The van der Waals surface area contributed by atoms with Gasteiger partial charge in [0.25, 0.3) is 0 Å². The maximum atomic E-state index is 11.8. The Morgan fingerprint density at radius 1 is 1.33 bits per heavy atom. The maximum Gasteiger partial charge on any atom is 0.214 e. The van der Waals surface area contributed by atoms with Crippen LogP contribution < -0.4 is 20.1 Å². The summed E-state index contributed by atoms with van der Waals surface area (Å²) < 4.78 is 36.1. The van der Waals surface area contributed by atoms with Crippen molar-refractivity contribution >= 4 is 40.0 Å². The number of halogens is 1. The molecule has 0 radical (unpaired) electrons. The van der Waals surface area contributed by atoms with E-state index in [0.29, 0.717) is 38.6 Å². The second-order valence-electron chi connectivity index (χ2n) is 6.06. The van der Waals surface area contributed by atoms with Gasteiger partial charge in [-0.1, -0.05) is 6.07 Å². The summed E-state index contributed by atoms with van der Waals surface area (Å²) in [5, 5.41) is 6.31. The zero-order valence-electron chi connectivity index (χ0n) is 16.0. The van der Waals surface area contributed by atoms with E-state index in [-0.39, 0.29) is 35.8 Å². The zero-order valence-corrected chi connectivity index (χ0v) is 19.1. The van der Waals surface area contributed by atoms with Gasteiger partial charge in [0.05, 0.1) is 19.4 Å². The lowest BCUT2D eigenvalue weighted by Gasteiger charge is -2.19. The van der Waals surface area contributed by atoms with Crippen LogP contribution in [0.5, 0.6) is 11.5 Å². The lowest BCUT2D eigenvalue weighted by atomic mass is 10.3. The third kappa shape index (κ3) is 7.70. The molecular weight excluding hydrogens is 483 g/mol. The Bertz CT molecular complexity index is 715. The van der Waals surface area contributed by atoms with Crippen molar-refractivity contribution in [2.75, 3.05) is 46.1 Å². The van der Waals surface area contributed by atoms with Gasteiger partial charge in [0.15, 0.2) is 5.96 Å². The first-order chi connectivity index (χ1) is 12.4. The van der Waals surface area contributed by atoms with Gasteiger partial charge in [-0.25, -0.2) is 12.7 Å². The molecule has 1 atom stereocenters. The van der Waals surface area contributed by atoms with E-state index in [2.05, 4.69) is 15.6 Å². The lowest BCUT2D eigenvalue weighted by molar-refractivity contribution is 0.223. The first kappa shape index (κ1) is 23.8. The molecule has 1 saturated heterocycles. The Balaban J connectivity index is 0.00000364. The molecule has 0 bridgehead atoms. The molecule has 2 N–H and O–H groups in total. The number of aliphatic imine (C=N–C) groups is 1. The van der Waals surface area contributed by atoms with Crippen molar-refractivity contribution < 1.29 is 17.9 Å². The predicted octanol–water partition coefficient (Wildman–Crippen LogP) is 1.28. The summed E-state index contributed by atoms with van der Waals surface area (Å²) in [7, 11) is 0.239. The molecule has 0 spiro atoms. The van der Waals surface area contributed by atoms with Crippen molar-refractivity contribution in [3.05, 3.63) is 24.3 Å². The number of methoxy groups -OCH3 is 1. The Kier molecular flexibility index (Phi) is 10.2. The van der Waals surface area contributed by atoms with Crippen molar-refractivity contribution in [1.29, 1.82) is 0 Å². The SMILES string of the molecule is CN=C(NCCN1CCCS1(=O)=O)NCC(C)Oc1cccc(OC)c1.I. The van der Waals surface area contributed by atoms with Gasteiger partial charge in [-0.15, -0.1) is 24.0 Å². The van der Waals surface area contributed by atoms with E-state index in [0.717, 1.165) is 11.5 Å². The van der Waals surface area contributed by atoms with Crippen LogP contribution in [0.4, 0.5) is 0 Å². The molecule has 1 aliphatic rings. The third-order valence-corrected chi connectivity index (χ3v) is 5.97.